The number of benzene rings is 1. The SMILES string of the molecule is Cc1ccc(CCC(=O)O)cc1-n1ncnc1C. The van der Waals surface area contributed by atoms with Gasteiger partial charge in [0, 0.05) is 6.42 Å². The number of carbonyl (C=O) groups is 1. The molecule has 2 rings (SSSR count). The molecule has 0 aliphatic carbocycles. The average molecular weight is 245 g/mol. The third kappa shape index (κ3) is 2.56. The maximum Gasteiger partial charge on any atom is 0.303 e. The average Bonchev–Trinajstić information content (AvgIpc) is 2.74. The lowest BCUT2D eigenvalue weighted by molar-refractivity contribution is -0.136. The maximum atomic E-state index is 10.6. The van der Waals surface area contributed by atoms with Gasteiger partial charge in [-0.05, 0) is 37.5 Å². The number of nitrogens with zero attached hydrogens (tertiary/aromatic N) is 3. The molecule has 1 heterocycles. The summed E-state index contributed by atoms with van der Waals surface area (Å²) >= 11 is 0. The Morgan fingerprint density at radius 1 is 1.39 bits per heavy atom. The molecule has 0 unspecified atom stereocenters. The normalized spacial score (nSPS) is 10.6. The van der Waals surface area contributed by atoms with Crippen molar-refractivity contribution in [1.82, 2.24) is 14.8 Å². The fourth-order valence-corrected chi connectivity index (χ4v) is 1.83. The summed E-state index contributed by atoms with van der Waals surface area (Å²) in [4.78, 5) is 14.7. The lowest BCUT2D eigenvalue weighted by Gasteiger charge is -2.09. The molecule has 0 bridgehead atoms. The van der Waals surface area contributed by atoms with Gasteiger partial charge in [-0.25, -0.2) is 9.67 Å². The van der Waals surface area contributed by atoms with Crippen LogP contribution in [-0.2, 0) is 11.2 Å². The fraction of sp³-hybridized carbons (Fsp3) is 0.308. The Morgan fingerprint density at radius 2 is 2.17 bits per heavy atom. The zero-order valence-electron chi connectivity index (χ0n) is 10.4. The van der Waals surface area contributed by atoms with E-state index in [4.69, 9.17) is 5.11 Å². The van der Waals surface area contributed by atoms with Crippen LogP contribution in [0.2, 0.25) is 0 Å². The third-order valence-electron chi connectivity index (χ3n) is 2.85. The Balaban J connectivity index is 2.33. The molecule has 2 aromatic rings. The molecule has 0 atom stereocenters. The monoisotopic (exact) mass is 245 g/mol. The predicted octanol–water partition coefficient (Wildman–Crippen LogP) is 1.90. The minimum absolute atomic E-state index is 0.138. The minimum Gasteiger partial charge on any atom is -0.481 e. The Morgan fingerprint density at radius 3 is 2.78 bits per heavy atom. The lowest BCUT2D eigenvalue weighted by Crippen LogP contribution is -2.04. The van der Waals surface area contributed by atoms with E-state index in [2.05, 4.69) is 10.1 Å². The first-order valence-corrected chi connectivity index (χ1v) is 5.76. The Labute approximate surface area is 105 Å². The van der Waals surface area contributed by atoms with Gasteiger partial charge in [0.1, 0.15) is 12.2 Å². The highest BCUT2D eigenvalue weighted by Crippen LogP contribution is 2.17. The van der Waals surface area contributed by atoms with E-state index < -0.39 is 5.97 Å². The highest BCUT2D eigenvalue weighted by atomic mass is 16.4. The van der Waals surface area contributed by atoms with Gasteiger partial charge in [-0.15, -0.1) is 0 Å². The largest absolute Gasteiger partial charge is 0.481 e. The zero-order chi connectivity index (χ0) is 13.1. The van der Waals surface area contributed by atoms with Crippen LogP contribution < -0.4 is 0 Å². The maximum absolute atomic E-state index is 10.6. The van der Waals surface area contributed by atoms with Gasteiger partial charge in [-0.3, -0.25) is 4.79 Å². The van der Waals surface area contributed by atoms with Gasteiger partial charge >= 0.3 is 5.97 Å². The van der Waals surface area contributed by atoms with Gasteiger partial charge in [0.05, 0.1) is 5.69 Å². The number of aryl methyl sites for hydroxylation is 3. The molecular weight excluding hydrogens is 230 g/mol. The molecule has 0 fully saturated rings. The number of hydrogen-bond acceptors (Lipinski definition) is 3. The van der Waals surface area contributed by atoms with E-state index in [-0.39, 0.29) is 6.42 Å². The quantitative estimate of drug-likeness (QED) is 0.893. The highest BCUT2D eigenvalue weighted by molar-refractivity contribution is 5.67. The second-order valence-electron chi connectivity index (χ2n) is 4.23. The van der Waals surface area contributed by atoms with Gasteiger partial charge in [0.25, 0.3) is 0 Å². The number of aromatic nitrogens is 3. The number of hydrogen-bond donors (Lipinski definition) is 1. The molecule has 0 aliphatic heterocycles. The summed E-state index contributed by atoms with van der Waals surface area (Å²) in [6.07, 6.45) is 2.17. The van der Waals surface area contributed by atoms with Gasteiger partial charge in [-0.2, -0.15) is 5.10 Å². The second kappa shape index (κ2) is 5.00. The first-order valence-electron chi connectivity index (χ1n) is 5.76. The molecule has 1 N–H and O–H groups in total. The molecule has 5 nitrogen and oxygen atoms in total. The molecule has 1 aromatic carbocycles. The van der Waals surface area contributed by atoms with Crippen molar-refractivity contribution in [3.63, 3.8) is 0 Å². The predicted molar refractivity (Wildman–Crippen MR) is 66.8 cm³/mol. The Hall–Kier alpha value is -2.17. The van der Waals surface area contributed by atoms with E-state index in [9.17, 15) is 4.79 Å². The number of carboxylic acid groups (broad SMARTS) is 1. The number of carboxylic acids is 1. The van der Waals surface area contributed by atoms with Crippen LogP contribution in [0.25, 0.3) is 5.69 Å². The van der Waals surface area contributed by atoms with Gasteiger partial charge in [-0.1, -0.05) is 12.1 Å². The smallest absolute Gasteiger partial charge is 0.303 e. The van der Waals surface area contributed by atoms with Gasteiger partial charge < -0.3 is 5.11 Å². The van der Waals surface area contributed by atoms with Crippen LogP contribution in [0.4, 0.5) is 0 Å². The molecule has 0 saturated heterocycles. The van der Waals surface area contributed by atoms with Crippen molar-refractivity contribution in [3.8, 4) is 5.69 Å². The van der Waals surface area contributed by atoms with Crippen molar-refractivity contribution < 1.29 is 9.90 Å². The molecule has 5 heteroatoms. The van der Waals surface area contributed by atoms with Crippen LogP contribution in [0, 0.1) is 13.8 Å². The molecule has 0 spiro atoms. The van der Waals surface area contributed by atoms with E-state index in [1.54, 1.807) is 4.68 Å². The van der Waals surface area contributed by atoms with Crippen LogP contribution in [0.15, 0.2) is 24.5 Å². The van der Waals surface area contributed by atoms with Crippen molar-refractivity contribution in [2.24, 2.45) is 0 Å². The van der Waals surface area contributed by atoms with E-state index in [0.717, 1.165) is 22.6 Å². The van der Waals surface area contributed by atoms with Crippen LogP contribution in [0.3, 0.4) is 0 Å². The third-order valence-corrected chi connectivity index (χ3v) is 2.85. The summed E-state index contributed by atoms with van der Waals surface area (Å²) in [6.45, 7) is 3.88. The van der Waals surface area contributed by atoms with Crippen LogP contribution in [0.1, 0.15) is 23.4 Å². The van der Waals surface area contributed by atoms with E-state index in [1.165, 1.54) is 6.33 Å². The standard InChI is InChI=1S/C13H15N3O2/c1-9-3-4-11(5-6-13(17)18)7-12(9)16-10(2)14-8-15-16/h3-4,7-8H,5-6H2,1-2H3,(H,17,18). The fourth-order valence-electron chi connectivity index (χ4n) is 1.83. The first kappa shape index (κ1) is 12.3. The Bertz CT molecular complexity index is 575. The molecular formula is C13H15N3O2. The van der Waals surface area contributed by atoms with E-state index in [0.29, 0.717) is 6.42 Å². The zero-order valence-corrected chi connectivity index (χ0v) is 10.4. The molecule has 0 aliphatic rings. The van der Waals surface area contributed by atoms with E-state index >= 15 is 0 Å². The van der Waals surface area contributed by atoms with Crippen molar-refractivity contribution >= 4 is 5.97 Å². The lowest BCUT2D eigenvalue weighted by atomic mass is 10.1. The summed E-state index contributed by atoms with van der Waals surface area (Å²) in [5, 5.41) is 12.9. The van der Waals surface area contributed by atoms with Gasteiger partial charge in [0.15, 0.2) is 0 Å². The van der Waals surface area contributed by atoms with Crippen LogP contribution >= 0.6 is 0 Å². The van der Waals surface area contributed by atoms with Crippen LogP contribution in [0.5, 0.6) is 0 Å². The summed E-state index contributed by atoms with van der Waals surface area (Å²) in [5.74, 6) is 0.0301. The summed E-state index contributed by atoms with van der Waals surface area (Å²) in [7, 11) is 0. The summed E-state index contributed by atoms with van der Waals surface area (Å²) in [5.41, 5.74) is 3.03. The number of aliphatic carboxylic acids is 1. The van der Waals surface area contributed by atoms with Crippen molar-refractivity contribution in [2.75, 3.05) is 0 Å². The van der Waals surface area contributed by atoms with Gasteiger partial charge in [0.2, 0.25) is 0 Å². The molecule has 0 radical (unpaired) electrons. The molecule has 18 heavy (non-hydrogen) atoms. The molecule has 1 aromatic heterocycles. The summed E-state index contributed by atoms with van der Waals surface area (Å²) < 4.78 is 1.76. The second-order valence-corrected chi connectivity index (χ2v) is 4.23. The molecule has 0 amide bonds. The van der Waals surface area contributed by atoms with E-state index in [1.807, 2.05) is 32.0 Å². The molecule has 94 valence electrons. The first-order chi connectivity index (χ1) is 8.58. The Kier molecular flexibility index (Phi) is 3.41. The van der Waals surface area contributed by atoms with Crippen molar-refractivity contribution in [2.45, 2.75) is 26.7 Å². The van der Waals surface area contributed by atoms with Crippen molar-refractivity contribution in [1.29, 1.82) is 0 Å². The number of rotatable bonds is 4. The molecule has 0 saturated carbocycles. The van der Waals surface area contributed by atoms with Crippen LogP contribution in [-0.4, -0.2) is 25.8 Å². The van der Waals surface area contributed by atoms with Crippen molar-refractivity contribution in [3.05, 3.63) is 41.5 Å². The minimum atomic E-state index is -0.783. The topological polar surface area (TPSA) is 68.0 Å². The highest BCUT2D eigenvalue weighted by Gasteiger charge is 2.07. The summed E-state index contributed by atoms with van der Waals surface area (Å²) in [6, 6.07) is 5.90.